The van der Waals surface area contributed by atoms with Gasteiger partial charge in [0.05, 0.1) is 5.56 Å². The fourth-order valence-corrected chi connectivity index (χ4v) is 1.98. The number of anilines is 1. The zero-order valence-corrected chi connectivity index (χ0v) is 12.3. The van der Waals surface area contributed by atoms with Crippen LogP contribution < -0.4 is 4.90 Å². The first-order valence-corrected chi connectivity index (χ1v) is 6.69. The summed E-state index contributed by atoms with van der Waals surface area (Å²) in [6.07, 6.45) is 1.04. The van der Waals surface area contributed by atoms with E-state index in [0.717, 1.165) is 31.7 Å². The third-order valence-electron chi connectivity index (χ3n) is 3.04. The summed E-state index contributed by atoms with van der Waals surface area (Å²) in [7, 11) is 4.08. The Kier molecular flexibility index (Phi) is 5.83. The Balaban J connectivity index is 2.90. The normalized spacial score (nSPS) is 10.8. The van der Waals surface area contributed by atoms with Crippen molar-refractivity contribution in [1.82, 2.24) is 4.90 Å². The molecule has 0 unspecified atom stereocenters. The highest BCUT2D eigenvalue weighted by Gasteiger charge is 2.11. The highest BCUT2D eigenvalue weighted by molar-refractivity contribution is 5.97. The summed E-state index contributed by atoms with van der Waals surface area (Å²) in [4.78, 5) is 15.7. The van der Waals surface area contributed by atoms with Crippen LogP contribution in [0.15, 0.2) is 18.2 Å². The van der Waals surface area contributed by atoms with Crippen LogP contribution in [0.2, 0.25) is 0 Å². The molecule has 19 heavy (non-hydrogen) atoms. The van der Waals surface area contributed by atoms with Gasteiger partial charge >= 0.3 is 0 Å². The van der Waals surface area contributed by atoms with Crippen LogP contribution in [0.4, 0.5) is 5.69 Å². The molecule has 0 aliphatic rings. The second kappa shape index (κ2) is 7.14. The van der Waals surface area contributed by atoms with E-state index in [4.69, 9.17) is 0 Å². The van der Waals surface area contributed by atoms with Crippen molar-refractivity contribution >= 4 is 11.5 Å². The largest absolute Gasteiger partial charge is 0.507 e. The number of likely N-dealkylation sites (N-methyl/N-ethyl adjacent to an activating group) is 1. The van der Waals surface area contributed by atoms with Crippen LogP contribution in [0.1, 0.15) is 30.6 Å². The maximum Gasteiger partial charge on any atom is 0.163 e. The molecule has 1 rings (SSSR count). The molecule has 0 bridgehead atoms. The number of phenols is 1. The summed E-state index contributed by atoms with van der Waals surface area (Å²) >= 11 is 0. The lowest BCUT2D eigenvalue weighted by Gasteiger charge is -2.26. The summed E-state index contributed by atoms with van der Waals surface area (Å²) in [5, 5.41) is 9.90. The minimum Gasteiger partial charge on any atom is -0.507 e. The number of Topliss-reactive ketones (excluding diaryl/α,β-unsaturated/α-hetero) is 1. The van der Waals surface area contributed by atoms with Gasteiger partial charge in [-0.2, -0.15) is 0 Å². The Hall–Kier alpha value is -1.55. The lowest BCUT2D eigenvalue weighted by molar-refractivity contribution is 0.101. The molecule has 1 aromatic carbocycles. The van der Waals surface area contributed by atoms with E-state index in [0.29, 0.717) is 5.56 Å². The molecule has 0 aliphatic carbocycles. The quantitative estimate of drug-likeness (QED) is 0.768. The van der Waals surface area contributed by atoms with E-state index < -0.39 is 0 Å². The fourth-order valence-electron chi connectivity index (χ4n) is 1.98. The molecular formula is C15H24N2O2. The molecule has 1 aromatic rings. The summed E-state index contributed by atoms with van der Waals surface area (Å²) < 4.78 is 0. The van der Waals surface area contributed by atoms with Gasteiger partial charge in [-0.1, -0.05) is 6.92 Å². The number of carbonyl (C=O) groups is 1. The van der Waals surface area contributed by atoms with Crippen molar-refractivity contribution in [1.29, 1.82) is 0 Å². The molecule has 0 spiro atoms. The van der Waals surface area contributed by atoms with Crippen molar-refractivity contribution < 1.29 is 9.90 Å². The molecule has 0 heterocycles. The topological polar surface area (TPSA) is 43.8 Å². The Morgan fingerprint density at radius 3 is 2.37 bits per heavy atom. The first kappa shape index (κ1) is 15.5. The molecule has 0 aromatic heterocycles. The summed E-state index contributed by atoms with van der Waals surface area (Å²) in [6, 6.07) is 5.29. The van der Waals surface area contributed by atoms with Crippen LogP contribution in [0, 0.1) is 0 Å². The van der Waals surface area contributed by atoms with Crippen LogP contribution in [0.25, 0.3) is 0 Å². The van der Waals surface area contributed by atoms with E-state index in [9.17, 15) is 9.90 Å². The standard InChI is InChI=1S/C15H24N2O2/c1-5-8-17(10-9-16(3)4)13-6-7-14(12(2)18)15(19)11-13/h6-7,11,19H,5,8-10H2,1-4H3. The molecule has 0 aliphatic heterocycles. The van der Waals surface area contributed by atoms with Crippen molar-refractivity contribution in [2.24, 2.45) is 0 Å². The first-order valence-electron chi connectivity index (χ1n) is 6.69. The number of hydrogen-bond acceptors (Lipinski definition) is 4. The van der Waals surface area contributed by atoms with Crippen molar-refractivity contribution in [2.45, 2.75) is 20.3 Å². The maximum absolute atomic E-state index is 11.3. The first-order chi connectivity index (χ1) is 8.95. The van der Waals surface area contributed by atoms with Gasteiger partial charge in [-0.05, 0) is 39.6 Å². The summed E-state index contributed by atoms with van der Waals surface area (Å²) in [6.45, 7) is 6.39. The van der Waals surface area contributed by atoms with Crippen LogP contribution >= 0.6 is 0 Å². The van der Waals surface area contributed by atoms with Crippen molar-refractivity contribution in [2.75, 3.05) is 38.6 Å². The second-order valence-corrected chi connectivity index (χ2v) is 5.05. The van der Waals surface area contributed by atoms with E-state index in [2.05, 4.69) is 16.7 Å². The average Bonchev–Trinajstić information content (AvgIpc) is 2.33. The van der Waals surface area contributed by atoms with Gasteiger partial charge in [-0.15, -0.1) is 0 Å². The van der Waals surface area contributed by atoms with Gasteiger partial charge in [0.1, 0.15) is 5.75 Å². The second-order valence-electron chi connectivity index (χ2n) is 5.05. The SMILES string of the molecule is CCCN(CCN(C)C)c1ccc(C(C)=O)c(O)c1. The fraction of sp³-hybridized carbons (Fsp3) is 0.533. The Bertz CT molecular complexity index is 430. The Labute approximate surface area is 115 Å². The number of nitrogens with zero attached hydrogens (tertiary/aromatic N) is 2. The van der Waals surface area contributed by atoms with Crippen LogP contribution in [0.5, 0.6) is 5.75 Å². The highest BCUT2D eigenvalue weighted by atomic mass is 16.3. The number of hydrogen-bond donors (Lipinski definition) is 1. The van der Waals surface area contributed by atoms with E-state index in [-0.39, 0.29) is 11.5 Å². The van der Waals surface area contributed by atoms with Gasteiger partial charge in [0.2, 0.25) is 0 Å². The van der Waals surface area contributed by atoms with E-state index in [1.165, 1.54) is 6.92 Å². The zero-order chi connectivity index (χ0) is 14.4. The van der Waals surface area contributed by atoms with Gasteiger partial charge in [-0.3, -0.25) is 4.79 Å². The predicted molar refractivity (Wildman–Crippen MR) is 79.2 cm³/mol. The minimum absolute atomic E-state index is 0.0657. The lowest BCUT2D eigenvalue weighted by atomic mass is 10.1. The molecule has 0 saturated heterocycles. The monoisotopic (exact) mass is 264 g/mol. The molecule has 0 fully saturated rings. The molecule has 4 heteroatoms. The van der Waals surface area contributed by atoms with Crippen LogP contribution in [-0.4, -0.2) is 49.5 Å². The van der Waals surface area contributed by atoms with Gasteiger partial charge < -0.3 is 14.9 Å². The smallest absolute Gasteiger partial charge is 0.163 e. The molecule has 1 N–H and O–H groups in total. The molecular weight excluding hydrogens is 240 g/mol. The molecule has 0 amide bonds. The number of aromatic hydroxyl groups is 1. The van der Waals surface area contributed by atoms with E-state index in [1.807, 2.05) is 20.2 Å². The lowest BCUT2D eigenvalue weighted by Crippen LogP contribution is -2.32. The van der Waals surface area contributed by atoms with Gasteiger partial charge in [0.15, 0.2) is 5.78 Å². The third-order valence-corrected chi connectivity index (χ3v) is 3.04. The molecule has 0 saturated carbocycles. The van der Waals surface area contributed by atoms with Crippen LogP contribution in [-0.2, 0) is 0 Å². The van der Waals surface area contributed by atoms with Crippen molar-refractivity contribution in [3.63, 3.8) is 0 Å². The van der Waals surface area contributed by atoms with Crippen molar-refractivity contribution in [3.8, 4) is 5.75 Å². The highest BCUT2D eigenvalue weighted by Crippen LogP contribution is 2.25. The third kappa shape index (κ3) is 4.56. The van der Waals surface area contributed by atoms with E-state index in [1.54, 1.807) is 12.1 Å². The summed E-state index contributed by atoms with van der Waals surface area (Å²) in [5.41, 5.74) is 1.35. The molecule has 0 atom stereocenters. The van der Waals surface area contributed by atoms with E-state index >= 15 is 0 Å². The van der Waals surface area contributed by atoms with Gasteiger partial charge in [0, 0.05) is 31.4 Å². The maximum atomic E-state index is 11.3. The Morgan fingerprint density at radius 2 is 1.89 bits per heavy atom. The Morgan fingerprint density at radius 1 is 1.21 bits per heavy atom. The number of benzene rings is 1. The van der Waals surface area contributed by atoms with Gasteiger partial charge in [0.25, 0.3) is 0 Å². The number of phenolic OH excluding ortho intramolecular Hbond substituents is 1. The van der Waals surface area contributed by atoms with Gasteiger partial charge in [-0.25, -0.2) is 0 Å². The number of ketones is 1. The molecule has 106 valence electrons. The number of rotatable bonds is 7. The molecule has 4 nitrogen and oxygen atoms in total. The molecule has 0 radical (unpaired) electrons. The van der Waals surface area contributed by atoms with Crippen LogP contribution in [0.3, 0.4) is 0 Å². The number of carbonyl (C=O) groups excluding carboxylic acids is 1. The zero-order valence-electron chi connectivity index (χ0n) is 12.3. The minimum atomic E-state index is -0.112. The average molecular weight is 264 g/mol. The summed E-state index contributed by atoms with van der Waals surface area (Å²) in [5.74, 6) is -0.0460. The predicted octanol–water partition coefficient (Wildman–Crippen LogP) is 2.37. The van der Waals surface area contributed by atoms with Crippen molar-refractivity contribution in [3.05, 3.63) is 23.8 Å².